The summed E-state index contributed by atoms with van der Waals surface area (Å²) in [5.74, 6) is 0.734. The van der Waals surface area contributed by atoms with Gasteiger partial charge in [0.1, 0.15) is 5.75 Å². The molecule has 4 nitrogen and oxygen atoms in total. The number of rotatable bonds is 2. The summed E-state index contributed by atoms with van der Waals surface area (Å²) >= 11 is 4.81. The number of aliphatic imine (C=N–C) groups is 1. The first kappa shape index (κ1) is 14.1. The van der Waals surface area contributed by atoms with Crippen LogP contribution in [0.1, 0.15) is 5.56 Å². The molecule has 1 fully saturated rings. The predicted octanol–water partition coefficient (Wildman–Crippen LogP) is 2.99. The first-order valence-electron chi connectivity index (χ1n) is 5.54. The molecule has 0 saturated carbocycles. The Bertz CT molecular complexity index is 584. The van der Waals surface area contributed by atoms with Gasteiger partial charge >= 0.3 is 0 Å². The SMILES string of the molecule is CN=C1S/C(=C/c2ccc(OC)c(Br)c2)C(=O)N1C. The Morgan fingerprint density at radius 3 is 2.74 bits per heavy atom. The fourth-order valence-corrected chi connectivity index (χ4v) is 3.16. The quantitative estimate of drug-likeness (QED) is 0.777. The molecule has 0 N–H and O–H groups in total. The Hall–Kier alpha value is -1.27. The van der Waals surface area contributed by atoms with E-state index in [9.17, 15) is 4.79 Å². The molecule has 0 radical (unpaired) electrons. The molecule has 1 heterocycles. The van der Waals surface area contributed by atoms with E-state index in [1.165, 1.54) is 11.8 Å². The Morgan fingerprint density at radius 1 is 1.47 bits per heavy atom. The van der Waals surface area contributed by atoms with E-state index in [2.05, 4.69) is 20.9 Å². The molecule has 1 aliphatic heterocycles. The average Bonchev–Trinajstić information content (AvgIpc) is 2.67. The van der Waals surface area contributed by atoms with E-state index < -0.39 is 0 Å². The average molecular weight is 341 g/mol. The summed E-state index contributed by atoms with van der Waals surface area (Å²) in [6.45, 7) is 0. The Kier molecular flexibility index (Phi) is 4.31. The molecule has 0 unspecified atom stereocenters. The molecule has 19 heavy (non-hydrogen) atoms. The van der Waals surface area contributed by atoms with Crippen LogP contribution in [0.25, 0.3) is 6.08 Å². The number of nitrogens with zero attached hydrogens (tertiary/aromatic N) is 2. The summed E-state index contributed by atoms with van der Waals surface area (Å²) in [5.41, 5.74) is 0.939. The number of amides is 1. The van der Waals surface area contributed by atoms with Crippen molar-refractivity contribution in [1.82, 2.24) is 4.90 Å². The van der Waals surface area contributed by atoms with Crippen LogP contribution < -0.4 is 4.74 Å². The highest BCUT2D eigenvalue weighted by molar-refractivity contribution is 9.10. The van der Waals surface area contributed by atoms with Gasteiger partial charge in [-0.1, -0.05) is 6.07 Å². The molecule has 100 valence electrons. The highest BCUT2D eigenvalue weighted by atomic mass is 79.9. The van der Waals surface area contributed by atoms with Crippen molar-refractivity contribution < 1.29 is 9.53 Å². The van der Waals surface area contributed by atoms with E-state index in [0.717, 1.165) is 15.8 Å². The number of benzene rings is 1. The zero-order valence-electron chi connectivity index (χ0n) is 10.8. The van der Waals surface area contributed by atoms with Gasteiger partial charge in [-0.05, 0) is 51.5 Å². The number of halogens is 1. The molecule has 0 spiro atoms. The van der Waals surface area contributed by atoms with Crippen LogP contribution in [-0.4, -0.2) is 37.2 Å². The number of carbonyl (C=O) groups is 1. The van der Waals surface area contributed by atoms with E-state index in [4.69, 9.17) is 4.74 Å². The topological polar surface area (TPSA) is 41.9 Å². The molecule has 0 bridgehead atoms. The van der Waals surface area contributed by atoms with Crippen LogP contribution in [0.15, 0.2) is 32.6 Å². The van der Waals surface area contributed by atoms with Gasteiger partial charge in [0.2, 0.25) is 0 Å². The van der Waals surface area contributed by atoms with Crippen molar-refractivity contribution in [3.63, 3.8) is 0 Å². The van der Waals surface area contributed by atoms with Crippen LogP contribution in [0.2, 0.25) is 0 Å². The van der Waals surface area contributed by atoms with Crippen molar-refractivity contribution in [2.45, 2.75) is 0 Å². The molecule has 1 aromatic carbocycles. The number of carbonyl (C=O) groups excluding carboxylic acids is 1. The number of ether oxygens (including phenoxy) is 1. The lowest BCUT2D eigenvalue weighted by Crippen LogP contribution is -2.23. The normalized spacial score (nSPS) is 19.6. The summed E-state index contributed by atoms with van der Waals surface area (Å²) < 4.78 is 6.03. The minimum Gasteiger partial charge on any atom is -0.496 e. The molecular formula is C13H13BrN2O2S. The van der Waals surface area contributed by atoms with Crippen LogP contribution in [0.5, 0.6) is 5.75 Å². The first-order valence-corrected chi connectivity index (χ1v) is 7.15. The molecule has 1 aliphatic rings. The second-order valence-corrected chi connectivity index (χ2v) is 5.74. The zero-order chi connectivity index (χ0) is 14.0. The lowest BCUT2D eigenvalue weighted by Gasteiger charge is -2.05. The molecule has 0 atom stereocenters. The van der Waals surface area contributed by atoms with Crippen LogP contribution in [-0.2, 0) is 4.79 Å². The van der Waals surface area contributed by atoms with E-state index in [1.807, 2.05) is 24.3 Å². The highest BCUT2D eigenvalue weighted by Gasteiger charge is 2.29. The molecule has 6 heteroatoms. The van der Waals surface area contributed by atoms with Gasteiger partial charge in [0.25, 0.3) is 5.91 Å². The van der Waals surface area contributed by atoms with Crippen LogP contribution in [0.3, 0.4) is 0 Å². The van der Waals surface area contributed by atoms with Crippen molar-refractivity contribution >= 4 is 44.8 Å². The van der Waals surface area contributed by atoms with E-state index >= 15 is 0 Å². The largest absolute Gasteiger partial charge is 0.496 e. The minimum absolute atomic E-state index is 0.0301. The number of likely N-dealkylation sites (N-methyl/N-ethyl adjacent to an activating group) is 1. The molecular weight excluding hydrogens is 328 g/mol. The Balaban J connectivity index is 2.32. The fraction of sp³-hybridized carbons (Fsp3) is 0.231. The number of hydrogen-bond donors (Lipinski definition) is 0. The van der Waals surface area contributed by atoms with E-state index in [0.29, 0.717) is 10.1 Å². The van der Waals surface area contributed by atoms with Gasteiger partial charge < -0.3 is 4.74 Å². The minimum atomic E-state index is -0.0301. The van der Waals surface area contributed by atoms with Crippen LogP contribution in [0.4, 0.5) is 0 Å². The van der Waals surface area contributed by atoms with Gasteiger partial charge in [0.15, 0.2) is 5.17 Å². The maximum atomic E-state index is 12.0. The maximum absolute atomic E-state index is 12.0. The third-order valence-corrected chi connectivity index (χ3v) is 4.44. The lowest BCUT2D eigenvalue weighted by atomic mass is 10.2. The van der Waals surface area contributed by atoms with E-state index in [-0.39, 0.29) is 5.91 Å². The van der Waals surface area contributed by atoms with Gasteiger partial charge in [-0.3, -0.25) is 14.7 Å². The number of thioether (sulfide) groups is 1. The monoisotopic (exact) mass is 340 g/mol. The van der Waals surface area contributed by atoms with Gasteiger partial charge in [-0.25, -0.2) is 0 Å². The van der Waals surface area contributed by atoms with Crippen molar-refractivity contribution in [2.24, 2.45) is 4.99 Å². The van der Waals surface area contributed by atoms with Crippen molar-refractivity contribution in [3.05, 3.63) is 33.1 Å². The molecule has 1 saturated heterocycles. The molecule has 0 aliphatic carbocycles. The predicted molar refractivity (Wildman–Crippen MR) is 82.4 cm³/mol. The zero-order valence-corrected chi connectivity index (χ0v) is 13.2. The number of amidine groups is 1. The number of methoxy groups -OCH3 is 1. The Labute approximate surface area is 124 Å². The fourth-order valence-electron chi connectivity index (χ4n) is 1.67. The van der Waals surface area contributed by atoms with Gasteiger partial charge in [-0.2, -0.15) is 0 Å². The molecule has 0 aromatic heterocycles. The molecule has 1 aromatic rings. The third-order valence-electron chi connectivity index (χ3n) is 2.67. The summed E-state index contributed by atoms with van der Waals surface area (Å²) in [5, 5.41) is 0.712. The second-order valence-electron chi connectivity index (χ2n) is 3.87. The summed E-state index contributed by atoms with van der Waals surface area (Å²) in [4.78, 5) is 18.3. The maximum Gasteiger partial charge on any atom is 0.266 e. The van der Waals surface area contributed by atoms with Gasteiger partial charge in [-0.15, -0.1) is 0 Å². The number of hydrogen-bond acceptors (Lipinski definition) is 4. The van der Waals surface area contributed by atoms with Gasteiger partial charge in [0.05, 0.1) is 16.5 Å². The van der Waals surface area contributed by atoms with Gasteiger partial charge in [0, 0.05) is 14.1 Å². The third kappa shape index (κ3) is 2.84. The lowest BCUT2D eigenvalue weighted by molar-refractivity contribution is -0.121. The van der Waals surface area contributed by atoms with Crippen LogP contribution >= 0.6 is 27.7 Å². The van der Waals surface area contributed by atoms with Crippen LogP contribution in [0, 0.1) is 0 Å². The standard InChI is InChI=1S/C13H13BrN2O2S/c1-15-13-16(2)12(17)11(19-13)7-8-4-5-10(18-3)9(14)6-8/h4-7H,1-3H3/b11-7+,15-13?. The first-order chi connectivity index (χ1) is 9.06. The van der Waals surface area contributed by atoms with Crippen molar-refractivity contribution in [2.75, 3.05) is 21.2 Å². The molecule has 2 rings (SSSR count). The molecule has 1 amide bonds. The highest BCUT2D eigenvalue weighted by Crippen LogP contribution is 2.32. The summed E-state index contributed by atoms with van der Waals surface area (Å²) in [6, 6.07) is 5.69. The smallest absolute Gasteiger partial charge is 0.266 e. The second kappa shape index (κ2) is 5.79. The van der Waals surface area contributed by atoms with E-state index in [1.54, 1.807) is 26.1 Å². The van der Waals surface area contributed by atoms with Crippen molar-refractivity contribution in [1.29, 1.82) is 0 Å². The van der Waals surface area contributed by atoms with Crippen molar-refractivity contribution in [3.8, 4) is 5.75 Å². The summed E-state index contributed by atoms with van der Waals surface area (Å²) in [7, 11) is 5.02. The Morgan fingerprint density at radius 2 is 2.21 bits per heavy atom. The summed E-state index contributed by atoms with van der Waals surface area (Å²) in [6.07, 6.45) is 1.85.